The molecule has 0 atom stereocenters. The van der Waals surface area contributed by atoms with Gasteiger partial charge in [-0.3, -0.25) is 4.79 Å². The summed E-state index contributed by atoms with van der Waals surface area (Å²) in [5, 5.41) is 7.28. The summed E-state index contributed by atoms with van der Waals surface area (Å²) >= 11 is 6.03. The van der Waals surface area contributed by atoms with Crippen molar-refractivity contribution in [1.82, 2.24) is 10.1 Å². The highest BCUT2D eigenvalue weighted by atomic mass is 35.5. The Bertz CT molecular complexity index is 888. The van der Waals surface area contributed by atoms with Crippen molar-refractivity contribution >= 4 is 23.2 Å². The number of hydrogen-bond acceptors (Lipinski definition) is 4. The van der Waals surface area contributed by atoms with Gasteiger partial charge in [-0.05, 0) is 23.6 Å². The quantitative estimate of drug-likeness (QED) is 0.657. The summed E-state index contributed by atoms with van der Waals surface area (Å²) in [5.41, 5.74) is 2.74. The van der Waals surface area contributed by atoms with Gasteiger partial charge in [0.25, 0.3) is 0 Å². The number of carbonyl (C=O) groups is 1. The highest BCUT2D eigenvalue weighted by Crippen LogP contribution is 2.22. The van der Waals surface area contributed by atoms with Gasteiger partial charge >= 0.3 is 0 Å². The first-order valence-corrected chi connectivity index (χ1v) is 8.88. The molecule has 0 unspecified atom stereocenters. The van der Waals surface area contributed by atoms with Crippen LogP contribution in [0, 0.1) is 0 Å². The molecule has 3 rings (SSSR count). The lowest BCUT2D eigenvalue weighted by Crippen LogP contribution is -2.12. The van der Waals surface area contributed by atoms with E-state index in [1.165, 1.54) is 5.56 Å². The van der Waals surface area contributed by atoms with E-state index >= 15 is 0 Å². The van der Waals surface area contributed by atoms with Crippen molar-refractivity contribution in [2.24, 2.45) is 0 Å². The summed E-state index contributed by atoms with van der Waals surface area (Å²) in [6.45, 7) is 4.30. The molecule has 0 fully saturated rings. The lowest BCUT2D eigenvalue weighted by molar-refractivity contribution is -0.116. The van der Waals surface area contributed by atoms with Crippen molar-refractivity contribution in [3.05, 3.63) is 65.0 Å². The van der Waals surface area contributed by atoms with Crippen LogP contribution in [-0.4, -0.2) is 16.0 Å². The van der Waals surface area contributed by atoms with Gasteiger partial charge in [0.2, 0.25) is 17.6 Å². The Morgan fingerprint density at radius 2 is 1.88 bits per heavy atom. The molecule has 0 aliphatic heterocycles. The zero-order chi connectivity index (χ0) is 18.5. The molecular weight excluding hydrogens is 350 g/mol. The van der Waals surface area contributed by atoms with E-state index in [-0.39, 0.29) is 12.3 Å². The number of halogens is 1. The number of nitrogens with zero attached hydrogens (tertiary/aromatic N) is 2. The van der Waals surface area contributed by atoms with Gasteiger partial charge in [0.05, 0.1) is 10.7 Å². The Morgan fingerprint density at radius 1 is 1.15 bits per heavy atom. The lowest BCUT2D eigenvalue weighted by Gasteiger charge is -2.05. The highest BCUT2D eigenvalue weighted by molar-refractivity contribution is 6.33. The van der Waals surface area contributed by atoms with E-state index in [0.29, 0.717) is 34.8 Å². The molecule has 1 amide bonds. The topological polar surface area (TPSA) is 68.0 Å². The molecule has 0 aliphatic rings. The zero-order valence-corrected chi connectivity index (χ0v) is 15.5. The Morgan fingerprint density at radius 3 is 2.58 bits per heavy atom. The predicted molar refractivity (Wildman–Crippen MR) is 102 cm³/mol. The molecule has 26 heavy (non-hydrogen) atoms. The molecule has 5 nitrogen and oxygen atoms in total. The molecule has 2 aromatic carbocycles. The standard InChI is InChI=1S/C20H20ClN3O2/c1-13(2)14-7-9-15(10-8-14)20-23-19(26-24-20)12-11-18(25)22-17-6-4-3-5-16(17)21/h3-10,13H,11-12H2,1-2H3,(H,22,25). The van der Waals surface area contributed by atoms with E-state index in [1.807, 2.05) is 24.3 Å². The minimum atomic E-state index is -0.154. The molecule has 0 saturated heterocycles. The fourth-order valence-electron chi connectivity index (χ4n) is 2.49. The maximum absolute atomic E-state index is 12.1. The first kappa shape index (κ1) is 18.1. The largest absolute Gasteiger partial charge is 0.339 e. The molecule has 0 aliphatic carbocycles. The molecule has 0 saturated carbocycles. The van der Waals surface area contributed by atoms with Gasteiger partial charge in [-0.1, -0.05) is 67.0 Å². The number of nitrogens with one attached hydrogen (secondary N) is 1. The smallest absolute Gasteiger partial charge is 0.227 e. The molecule has 0 radical (unpaired) electrons. The molecule has 3 aromatic rings. The lowest BCUT2D eigenvalue weighted by atomic mass is 10.0. The van der Waals surface area contributed by atoms with E-state index in [9.17, 15) is 4.79 Å². The summed E-state index contributed by atoms with van der Waals surface area (Å²) in [7, 11) is 0. The van der Waals surface area contributed by atoms with Crippen LogP contribution in [0.3, 0.4) is 0 Å². The number of hydrogen-bond donors (Lipinski definition) is 1. The van der Waals surface area contributed by atoms with Crippen molar-refractivity contribution in [3.63, 3.8) is 0 Å². The third-order valence-corrected chi connectivity index (χ3v) is 4.35. The number of rotatable bonds is 6. The zero-order valence-electron chi connectivity index (χ0n) is 14.7. The van der Waals surface area contributed by atoms with Gasteiger partial charge in [0, 0.05) is 18.4 Å². The van der Waals surface area contributed by atoms with Gasteiger partial charge in [0.1, 0.15) is 0 Å². The van der Waals surface area contributed by atoms with Crippen molar-refractivity contribution in [2.75, 3.05) is 5.32 Å². The third-order valence-electron chi connectivity index (χ3n) is 4.02. The normalized spacial score (nSPS) is 10.9. The van der Waals surface area contributed by atoms with Crippen LogP contribution in [0.4, 0.5) is 5.69 Å². The molecule has 1 aromatic heterocycles. The van der Waals surface area contributed by atoms with Crippen molar-refractivity contribution < 1.29 is 9.32 Å². The van der Waals surface area contributed by atoms with Crippen LogP contribution in [-0.2, 0) is 11.2 Å². The Balaban J connectivity index is 1.58. The Kier molecular flexibility index (Phi) is 5.68. The summed E-state index contributed by atoms with van der Waals surface area (Å²) < 4.78 is 5.25. The number of anilines is 1. The van der Waals surface area contributed by atoms with Gasteiger partial charge < -0.3 is 9.84 Å². The van der Waals surface area contributed by atoms with Crippen LogP contribution in [0.1, 0.15) is 37.6 Å². The summed E-state index contributed by atoms with van der Waals surface area (Å²) in [6, 6.07) is 15.2. The first-order chi connectivity index (χ1) is 12.5. The van der Waals surface area contributed by atoms with Crippen LogP contribution in [0.15, 0.2) is 53.1 Å². The fraction of sp³-hybridized carbons (Fsp3) is 0.250. The number of amides is 1. The fourth-order valence-corrected chi connectivity index (χ4v) is 2.67. The predicted octanol–water partition coefficient (Wildman–Crippen LogP) is 5.08. The molecule has 134 valence electrons. The van der Waals surface area contributed by atoms with Crippen molar-refractivity contribution in [1.29, 1.82) is 0 Å². The monoisotopic (exact) mass is 369 g/mol. The number of carbonyl (C=O) groups excluding carboxylic acids is 1. The van der Waals surface area contributed by atoms with E-state index in [0.717, 1.165) is 5.56 Å². The van der Waals surface area contributed by atoms with Crippen LogP contribution < -0.4 is 5.32 Å². The minimum Gasteiger partial charge on any atom is -0.339 e. The van der Waals surface area contributed by atoms with E-state index in [4.69, 9.17) is 16.1 Å². The third kappa shape index (κ3) is 4.49. The number of aromatic nitrogens is 2. The average molecular weight is 370 g/mol. The highest BCUT2D eigenvalue weighted by Gasteiger charge is 2.12. The van der Waals surface area contributed by atoms with Gasteiger partial charge in [-0.25, -0.2) is 0 Å². The second kappa shape index (κ2) is 8.15. The molecule has 1 N–H and O–H groups in total. The number of para-hydroxylation sites is 1. The van der Waals surface area contributed by atoms with Crippen molar-refractivity contribution in [3.8, 4) is 11.4 Å². The Labute approximate surface area is 157 Å². The molecule has 1 heterocycles. The average Bonchev–Trinajstić information content (AvgIpc) is 3.11. The molecule has 0 bridgehead atoms. The van der Waals surface area contributed by atoms with E-state index in [1.54, 1.807) is 12.1 Å². The van der Waals surface area contributed by atoms with Crippen LogP contribution in [0.2, 0.25) is 5.02 Å². The Hall–Kier alpha value is -2.66. The van der Waals surface area contributed by atoms with Gasteiger partial charge in [-0.15, -0.1) is 0 Å². The summed E-state index contributed by atoms with van der Waals surface area (Å²) in [5.74, 6) is 1.28. The van der Waals surface area contributed by atoms with Crippen molar-refractivity contribution in [2.45, 2.75) is 32.6 Å². The maximum Gasteiger partial charge on any atom is 0.227 e. The number of benzene rings is 2. The van der Waals surface area contributed by atoms with Crippen LogP contribution >= 0.6 is 11.6 Å². The second-order valence-corrected chi connectivity index (χ2v) is 6.72. The maximum atomic E-state index is 12.1. The van der Waals surface area contributed by atoms with Crippen LogP contribution in [0.5, 0.6) is 0 Å². The number of aryl methyl sites for hydroxylation is 1. The molecule has 6 heteroatoms. The molecule has 0 spiro atoms. The second-order valence-electron chi connectivity index (χ2n) is 6.32. The first-order valence-electron chi connectivity index (χ1n) is 8.50. The van der Waals surface area contributed by atoms with E-state index in [2.05, 4.69) is 41.4 Å². The van der Waals surface area contributed by atoms with Gasteiger partial charge in [0.15, 0.2) is 0 Å². The molecular formula is C20H20ClN3O2. The summed E-state index contributed by atoms with van der Waals surface area (Å²) in [6.07, 6.45) is 0.604. The summed E-state index contributed by atoms with van der Waals surface area (Å²) in [4.78, 5) is 16.4. The minimum absolute atomic E-state index is 0.154. The van der Waals surface area contributed by atoms with Crippen LogP contribution in [0.25, 0.3) is 11.4 Å². The SMILES string of the molecule is CC(C)c1ccc(-c2noc(CCC(=O)Nc3ccccc3Cl)n2)cc1. The van der Waals surface area contributed by atoms with E-state index < -0.39 is 0 Å². The van der Waals surface area contributed by atoms with Gasteiger partial charge in [-0.2, -0.15) is 4.98 Å².